The van der Waals surface area contributed by atoms with Crippen molar-refractivity contribution in [3.63, 3.8) is 0 Å². The van der Waals surface area contributed by atoms with E-state index in [-0.39, 0.29) is 23.6 Å². The quantitative estimate of drug-likeness (QED) is 0.711. The van der Waals surface area contributed by atoms with E-state index in [1.807, 2.05) is 24.3 Å². The number of benzene rings is 1. The first-order valence-corrected chi connectivity index (χ1v) is 11.5. The Kier molecular flexibility index (Phi) is 6.72. The van der Waals surface area contributed by atoms with Crippen molar-refractivity contribution in [3.05, 3.63) is 40.4 Å². The van der Waals surface area contributed by atoms with E-state index in [0.29, 0.717) is 24.4 Å². The summed E-state index contributed by atoms with van der Waals surface area (Å²) in [5.74, 6) is 1.31. The number of para-hydroxylation sites is 1. The second-order valence-corrected chi connectivity index (χ2v) is 8.97. The number of hydrogen-bond acceptors (Lipinski definition) is 5. The van der Waals surface area contributed by atoms with Crippen LogP contribution in [0.25, 0.3) is 10.9 Å². The van der Waals surface area contributed by atoms with Crippen LogP contribution >= 0.6 is 0 Å². The molecule has 0 radical (unpaired) electrons. The normalized spacial score (nSPS) is 21.6. The van der Waals surface area contributed by atoms with Crippen molar-refractivity contribution in [2.75, 3.05) is 33.4 Å². The smallest absolute Gasteiger partial charge is 0.261 e. The van der Waals surface area contributed by atoms with E-state index in [2.05, 4.69) is 23.6 Å². The summed E-state index contributed by atoms with van der Waals surface area (Å²) < 4.78 is 7.02. The van der Waals surface area contributed by atoms with Crippen LogP contribution in [0.2, 0.25) is 0 Å². The molecule has 0 N–H and O–H groups in total. The predicted octanol–water partition coefficient (Wildman–Crippen LogP) is 2.83. The third-order valence-corrected chi connectivity index (χ3v) is 6.98. The summed E-state index contributed by atoms with van der Waals surface area (Å²) in [6, 6.07) is 7.64. The minimum atomic E-state index is -0.0275. The maximum Gasteiger partial charge on any atom is 0.261 e. The SMILES string of the molecule is COCCn1c(C(C)N2CCN(C(=O)C3CCCC3)C(C)C2)nc2ccccc2c1=O. The molecule has 1 aromatic heterocycles. The number of methoxy groups -OCH3 is 1. The minimum Gasteiger partial charge on any atom is -0.383 e. The van der Waals surface area contributed by atoms with Crippen LogP contribution in [0, 0.1) is 5.92 Å². The van der Waals surface area contributed by atoms with Crippen LogP contribution in [0.15, 0.2) is 29.1 Å². The lowest BCUT2D eigenvalue weighted by Crippen LogP contribution is -2.55. The number of rotatable bonds is 6. The Bertz CT molecular complexity index is 982. The summed E-state index contributed by atoms with van der Waals surface area (Å²) in [7, 11) is 1.64. The highest BCUT2D eigenvalue weighted by Crippen LogP contribution is 2.29. The Morgan fingerprint density at radius 1 is 1.23 bits per heavy atom. The van der Waals surface area contributed by atoms with Gasteiger partial charge in [-0.1, -0.05) is 25.0 Å². The Balaban J connectivity index is 1.57. The van der Waals surface area contributed by atoms with E-state index in [4.69, 9.17) is 9.72 Å². The van der Waals surface area contributed by atoms with Crippen molar-refractivity contribution in [1.29, 1.82) is 0 Å². The standard InChI is InChI=1S/C24H34N4O3/c1-17-16-26(12-13-27(17)23(29)19-8-4-5-9-19)18(2)22-25-21-11-7-6-10-20(21)24(30)28(22)14-15-31-3/h6-7,10-11,17-19H,4-5,8-9,12-16H2,1-3H3. The van der Waals surface area contributed by atoms with Gasteiger partial charge in [0.25, 0.3) is 5.56 Å². The van der Waals surface area contributed by atoms with Gasteiger partial charge in [-0.3, -0.25) is 19.1 Å². The van der Waals surface area contributed by atoms with Crippen LogP contribution in [0.5, 0.6) is 0 Å². The lowest BCUT2D eigenvalue weighted by Gasteiger charge is -2.43. The van der Waals surface area contributed by atoms with Crippen molar-refractivity contribution in [1.82, 2.24) is 19.4 Å². The Hall–Kier alpha value is -2.25. The van der Waals surface area contributed by atoms with Gasteiger partial charge in [-0.05, 0) is 38.8 Å². The summed E-state index contributed by atoms with van der Waals surface area (Å²) in [6.07, 6.45) is 4.42. The zero-order valence-electron chi connectivity index (χ0n) is 18.9. The molecule has 1 saturated carbocycles. The first kappa shape index (κ1) is 22.0. The fourth-order valence-electron chi connectivity index (χ4n) is 5.14. The van der Waals surface area contributed by atoms with Gasteiger partial charge in [-0.2, -0.15) is 0 Å². The monoisotopic (exact) mass is 426 g/mol. The molecule has 1 saturated heterocycles. The molecule has 2 atom stereocenters. The zero-order chi connectivity index (χ0) is 22.0. The number of fused-ring (bicyclic) bond motifs is 1. The van der Waals surface area contributed by atoms with Crippen LogP contribution in [0.3, 0.4) is 0 Å². The Morgan fingerprint density at radius 2 is 1.97 bits per heavy atom. The third kappa shape index (κ3) is 4.39. The summed E-state index contributed by atoms with van der Waals surface area (Å²) in [5, 5.41) is 0.634. The molecule has 0 bridgehead atoms. The summed E-state index contributed by atoms with van der Waals surface area (Å²) in [6.45, 7) is 7.49. The first-order chi connectivity index (χ1) is 15.0. The molecule has 2 unspecified atom stereocenters. The molecule has 2 heterocycles. The number of nitrogens with zero attached hydrogens (tertiary/aromatic N) is 4. The highest BCUT2D eigenvalue weighted by Gasteiger charge is 2.35. The van der Waals surface area contributed by atoms with Gasteiger partial charge in [-0.15, -0.1) is 0 Å². The number of ether oxygens (including phenoxy) is 1. The van der Waals surface area contributed by atoms with E-state index >= 15 is 0 Å². The largest absolute Gasteiger partial charge is 0.383 e. The third-order valence-electron chi connectivity index (χ3n) is 6.98. The molecule has 0 spiro atoms. The van der Waals surface area contributed by atoms with Crippen LogP contribution in [-0.4, -0.2) is 64.7 Å². The first-order valence-electron chi connectivity index (χ1n) is 11.5. The molecule has 7 heteroatoms. The topological polar surface area (TPSA) is 67.7 Å². The predicted molar refractivity (Wildman–Crippen MR) is 121 cm³/mol. The summed E-state index contributed by atoms with van der Waals surface area (Å²) in [4.78, 5) is 35.5. The maximum absolute atomic E-state index is 13.2. The van der Waals surface area contributed by atoms with Crippen molar-refractivity contribution in [2.24, 2.45) is 5.92 Å². The van der Waals surface area contributed by atoms with E-state index in [9.17, 15) is 9.59 Å². The van der Waals surface area contributed by atoms with E-state index in [1.54, 1.807) is 11.7 Å². The van der Waals surface area contributed by atoms with Crippen molar-refractivity contribution in [2.45, 2.75) is 58.2 Å². The molecule has 2 aromatic rings. The van der Waals surface area contributed by atoms with Gasteiger partial charge in [0.15, 0.2) is 0 Å². The van der Waals surface area contributed by atoms with Gasteiger partial charge < -0.3 is 9.64 Å². The number of hydrogen-bond donors (Lipinski definition) is 0. The average molecular weight is 427 g/mol. The zero-order valence-corrected chi connectivity index (χ0v) is 18.9. The molecule has 4 rings (SSSR count). The second kappa shape index (κ2) is 9.49. The lowest BCUT2D eigenvalue weighted by molar-refractivity contribution is -0.140. The van der Waals surface area contributed by atoms with Crippen LogP contribution in [0.1, 0.15) is 51.4 Å². The lowest BCUT2D eigenvalue weighted by atomic mass is 10.0. The van der Waals surface area contributed by atoms with Crippen molar-refractivity contribution < 1.29 is 9.53 Å². The van der Waals surface area contributed by atoms with Crippen molar-refractivity contribution >= 4 is 16.8 Å². The fraction of sp³-hybridized carbons (Fsp3) is 0.625. The molecule has 1 aliphatic heterocycles. The molecule has 1 aromatic carbocycles. The van der Waals surface area contributed by atoms with Crippen LogP contribution < -0.4 is 5.56 Å². The van der Waals surface area contributed by atoms with Gasteiger partial charge in [-0.25, -0.2) is 4.98 Å². The fourth-order valence-corrected chi connectivity index (χ4v) is 5.14. The molecule has 168 valence electrons. The molecule has 1 aliphatic carbocycles. The molecule has 1 amide bonds. The van der Waals surface area contributed by atoms with Crippen LogP contribution in [0.4, 0.5) is 0 Å². The molecule has 2 fully saturated rings. The number of aromatic nitrogens is 2. The molecular formula is C24H34N4O3. The van der Waals surface area contributed by atoms with Gasteiger partial charge >= 0.3 is 0 Å². The van der Waals surface area contributed by atoms with Gasteiger partial charge in [0.1, 0.15) is 5.82 Å². The van der Waals surface area contributed by atoms with E-state index < -0.39 is 0 Å². The van der Waals surface area contributed by atoms with Crippen LogP contribution in [-0.2, 0) is 16.1 Å². The molecule has 31 heavy (non-hydrogen) atoms. The number of carbonyl (C=O) groups excluding carboxylic acids is 1. The molecule has 2 aliphatic rings. The number of amides is 1. The summed E-state index contributed by atoms with van der Waals surface area (Å²) in [5.41, 5.74) is 0.707. The Labute approximate surface area is 184 Å². The van der Waals surface area contributed by atoms with E-state index in [1.165, 1.54) is 12.8 Å². The molecule has 7 nitrogen and oxygen atoms in total. The van der Waals surface area contributed by atoms with Crippen molar-refractivity contribution in [3.8, 4) is 0 Å². The number of carbonyl (C=O) groups is 1. The van der Waals surface area contributed by atoms with Gasteiger partial charge in [0, 0.05) is 38.7 Å². The average Bonchev–Trinajstić information content (AvgIpc) is 3.32. The van der Waals surface area contributed by atoms with E-state index in [0.717, 1.165) is 43.8 Å². The summed E-state index contributed by atoms with van der Waals surface area (Å²) >= 11 is 0. The van der Waals surface area contributed by atoms with Gasteiger partial charge in [0.2, 0.25) is 5.91 Å². The minimum absolute atomic E-state index is 0.0207. The highest BCUT2D eigenvalue weighted by atomic mass is 16.5. The highest BCUT2D eigenvalue weighted by molar-refractivity contribution is 5.79. The second-order valence-electron chi connectivity index (χ2n) is 8.97. The maximum atomic E-state index is 13.2. The van der Waals surface area contributed by atoms with Gasteiger partial charge in [0.05, 0.1) is 30.1 Å². The number of piperazine rings is 1. The Morgan fingerprint density at radius 3 is 2.68 bits per heavy atom. The molecular weight excluding hydrogens is 392 g/mol.